The van der Waals surface area contributed by atoms with E-state index in [0.717, 1.165) is 11.1 Å². The molecule has 1 spiro atoms. The SMILES string of the molecule is COc1cc(N2C(=O)CS[C@]23C(=O)N(Cc2ccc(F)cc2)c2ccccc23)cc(OC)c1OC. The lowest BCUT2D eigenvalue weighted by Gasteiger charge is -2.33. The van der Waals surface area contributed by atoms with Crippen molar-refractivity contribution in [2.45, 2.75) is 11.4 Å². The molecule has 0 N–H and O–H groups in total. The number of carbonyl (C=O) groups is 2. The molecule has 2 amide bonds. The van der Waals surface area contributed by atoms with E-state index in [0.29, 0.717) is 28.6 Å². The van der Waals surface area contributed by atoms with E-state index < -0.39 is 4.87 Å². The number of thioether (sulfide) groups is 1. The van der Waals surface area contributed by atoms with Crippen LogP contribution in [-0.2, 0) is 21.0 Å². The van der Waals surface area contributed by atoms with Crippen LogP contribution in [0.4, 0.5) is 15.8 Å². The molecule has 35 heavy (non-hydrogen) atoms. The van der Waals surface area contributed by atoms with Gasteiger partial charge in [-0.1, -0.05) is 30.3 Å². The van der Waals surface area contributed by atoms with E-state index in [-0.39, 0.29) is 29.9 Å². The summed E-state index contributed by atoms with van der Waals surface area (Å²) in [6.07, 6.45) is 0. The standard InChI is InChI=1S/C26H23FN2O5S/c1-32-21-12-18(13-22(33-2)24(21)34-3)29-23(30)15-35-26(29)19-6-4-5-7-20(19)28(25(26)31)14-16-8-10-17(27)11-9-16/h4-13H,14-15H2,1-3H3/t26-/m1/s1. The number of carbonyl (C=O) groups excluding carboxylic acids is 2. The van der Waals surface area contributed by atoms with E-state index in [1.54, 1.807) is 29.2 Å². The third kappa shape index (κ3) is 3.49. The number of amides is 2. The van der Waals surface area contributed by atoms with Crippen molar-refractivity contribution in [3.8, 4) is 17.2 Å². The van der Waals surface area contributed by atoms with Gasteiger partial charge in [-0.3, -0.25) is 14.5 Å². The first-order valence-electron chi connectivity index (χ1n) is 10.9. The number of hydrogen-bond acceptors (Lipinski definition) is 6. The normalized spacial score (nSPS) is 18.9. The van der Waals surface area contributed by atoms with Crippen LogP contribution >= 0.6 is 11.8 Å². The summed E-state index contributed by atoms with van der Waals surface area (Å²) >= 11 is 1.28. The Balaban J connectivity index is 1.65. The highest BCUT2D eigenvalue weighted by molar-refractivity contribution is 8.02. The van der Waals surface area contributed by atoms with E-state index in [9.17, 15) is 14.0 Å². The number of para-hydroxylation sites is 1. The lowest BCUT2D eigenvalue weighted by Crippen LogP contribution is -2.49. The second kappa shape index (κ2) is 8.81. The van der Waals surface area contributed by atoms with Gasteiger partial charge in [0.2, 0.25) is 16.5 Å². The second-order valence-corrected chi connectivity index (χ2v) is 9.25. The number of benzene rings is 3. The van der Waals surface area contributed by atoms with Crippen molar-refractivity contribution in [3.63, 3.8) is 0 Å². The van der Waals surface area contributed by atoms with E-state index >= 15 is 0 Å². The minimum absolute atomic E-state index is 0.126. The number of hydrogen-bond donors (Lipinski definition) is 0. The zero-order valence-corrected chi connectivity index (χ0v) is 20.2. The van der Waals surface area contributed by atoms with Crippen LogP contribution in [0.15, 0.2) is 60.7 Å². The maximum absolute atomic E-state index is 14.2. The van der Waals surface area contributed by atoms with Gasteiger partial charge in [0.05, 0.1) is 45.0 Å². The van der Waals surface area contributed by atoms with Gasteiger partial charge in [-0.15, -0.1) is 11.8 Å². The first-order valence-corrected chi connectivity index (χ1v) is 11.9. The van der Waals surface area contributed by atoms with Gasteiger partial charge in [-0.25, -0.2) is 4.39 Å². The number of ether oxygens (including phenoxy) is 3. The highest BCUT2D eigenvalue weighted by Gasteiger charge is 2.61. The Morgan fingerprint density at radius 2 is 1.60 bits per heavy atom. The van der Waals surface area contributed by atoms with Crippen molar-refractivity contribution in [1.82, 2.24) is 0 Å². The van der Waals surface area contributed by atoms with E-state index in [2.05, 4.69) is 0 Å². The average molecular weight is 495 g/mol. The van der Waals surface area contributed by atoms with Crippen LogP contribution < -0.4 is 24.0 Å². The molecule has 5 rings (SSSR count). The van der Waals surface area contributed by atoms with Crippen LogP contribution in [-0.4, -0.2) is 38.9 Å². The third-order valence-electron chi connectivity index (χ3n) is 6.23. The van der Waals surface area contributed by atoms with Crippen molar-refractivity contribution >= 4 is 35.0 Å². The Morgan fingerprint density at radius 3 is 2.23 bits per heavy atom. The van der Waals surface area contributed by atoms with Crippen LogP contribution in [0.2, 0.25) is 0 Å². The fourth-order valence-electron chi connectivity index (χ4n) is 4.68. The molecular formula is C26H23FN2O5S. The van der Waals surface area contributed by atoms with Crippen LogP contribution in [0.25, 0.3) is 0 Å². The van der Waals surface area contributed by atoms with Gasteiger partial charge >= 0.3 is 0 Å². The predicted octanol–water partition coefficient (Wildman–Crippen LogP) is 4.33. The molecule has 0 saturated carbocycles. The van der Waals surface area contributed by atoms with E-state index in [1.807, 2.05) is 24.3 Å². The molecule has 3 aromatic carbocycles. The summed E-state index contributed by atoms with van der Waals surface area (Å²) < 4.78 is 29.9. The molecule has 0 bridgehead atoms. The largest absolute Gasteiger partial charge is 0.493 e. The Bertz CT molecular complexity index is 1290. The molecule has 3 aromatic rings. The summed E-state index contributed by atoms with van der Waals surface area (Å²) in [4.78, 5) is 29.4. The first kappa shape index (κ1) is 23.0. The summed E-state index contributed by atoms with van der Waals surface area (Å²) in [7, 11) is 4.50. The highest BCUT2D eigenvalue weighted by Crippen LogP contribution is 2.57. The average Bonchev–Trinajstić information content (AvgIpc) is 3.35. The van der Waals surface area contributed by atoms with Crippen molar-refractivity contribution in [1.29, 1.82) is 0 Å². The summed E-state index contributed by atoms with van der Waals surface area (Å²) in [6, 6.07) is 16.8. The van der Waals surface area contributed by atoms with Gasteiger partial charge < -0.3 is 19.1 Å². The number of nitrogens with zero attached hydrogens (tertiary/aromatic N) is 2. The minimum atomic E-state index is -1.29. The van der Waals surface area contributed by atoms with Gasteiger partial charge in [-0.05, 0) is 23.8 Å². The topological polar surface area (TPSA) is 68.3 Å². The number of fused-ring (bicyclic) bond motifs is 2. The fraction of sp³-hybridized carbons (Fsp3) is 0.231. The zero-order chi connectivity index (χ0) is 24.7. The monoisotopic (exact) mass is 494 g/mol. The first-order chi connectivity index (χ1) is 16.9. The van der Waals surface area contributed by atoms with Crippen molar-refractivity contribution in [2.24, 2.45) is 0 Å². The van der Waals surface area contributed by atoms with Gasteiger partial charge in [0, 0.05) is 17.7 Å². The van der Waals surface area contributed by atoms with Crippen LogP contribution in [0.1, 0.15) is 11.1 Å². The predicted molar refractivity (Wildman–Crippen MR) is 132 cm³/mol. The smallest absolute Gasteiger partial charge is 0.269 e. The molecule has 0 aromatic heterocycles. The van der Waals surface area contributed by atoms with Crippen molar-refractivity contribution < 1.29 is 28.2 Å². The number of rotatable bonds is 6. The molecule has 7 nitrogen and oxygen atoms in total. The summed E-state index contributed by atoms with van der Waals surface area (Å²) in [5.74, 6) is 0.476. The lowest BCUT2D eigenvalue weighted by molar-refractivity contribution is -0.123. The van der Waals surface area contributed by atoms with Gasteiger partial charge in [0.25, 0.3) is 5.91 Å². The maximum atomic E-state index is 14.2. The molecule has 180 valence electrons. The molecular weight excluding hydrogens is 471 g/mol. The Kier molecular flexibility index (Phi) is 5.80. The highest BCUT2D eigenvalue weighted by atomic mass is 32.2. The van der Waals surface area contributed by atoms with Crippen LogP contribution in [0, 0.1) is 5.82 Å². The molecule has 0 radical (unpaired) electrons. The number of methoxy groups -OCH3 is 3. The second-order valence-electron chi connectivity index (χ2n) is 8.08. The minimum Gasteiger partial charge on any atom is -0.493 e. The molecule has 0 unspecified atom stereocenters. The zero-order valence-electron chi connectivity index (χ0n) is 19.4. The van der Waals surface area contributed by atoms with Crippen molar-refractivity contribution in [2.75, 3.05) is 36.9 Å². The number of anilines is 2. The van der Waals surface area contributed by atoms with Crippen LogP contribution in [0.3, 0.4) is 0 Å². The molecule has 1 fully saturated rings. The van der Waals surface area contributed by atoms with Gasteiger partial charge in [0.1, 0.15) is 5.82 Å². The maximum Gasteiger partial charge on any atom is 0.269 e. The summed E-state index contributed by atoms with van der Waals surface area (Å²) in [5, 5.41) is 0. The lowest BCUT2D eigenvalue weighted by atomic mass is 10.0. The molecule has 1 saturated heterocycles. The van der Waals surface area contributed by atoms with E-state index in [4.69, 9.17) is 14.2 Å². The fourth-order valence-corrected chi connectivity index (χ4v) is 6.04. The van der Waals surface area contributed by atoms with Gasteiger partial charge in [0.15, 0.2) is 11.5 Å². The summed E-state index contributed by atoms with van der Waals surface area (Å²) in [6.45, 7) is 0.246. The van der Waals surface area contributed by atoms with Crippen molar-refractivity contribution in [3.05, 3.63) is 77.6 Å². The van der Waals surface area contributed by atoms with Crippen LogP contribution in [0.5, 0.6) is 17.2 Å². The number of halogens is 1. The Labute approximate surface area is 206 Å². The molecule has 1 atom stereocenters. The molecule has 2 heterocycles. The third-order valence-corrected chi connectivity index (χ3v) is 7.61. The molecule has 2 aliphatic heterocycles. The van der Waals surface area contributed by atoms with E-state index in [1.165, 1.54) is 50.1 Å². The summed E-state index contributed by atoms with van der Waals surface area (Å²) in [5.41, 5.74) is 2.67. The Morgan fingerprint density at radius 1 is 0.943 bits per heavy atom. The van der Waals surface area contributed by atoms with Gasteiger partial charge in [-0.2, -0.15) is 0 Å². The molecule has 9 heteroatoms. The molecule has 0 aliphatic carbocycles. The quantitative estimate of drug-likeness (QED) is 0.508. The Hall–Kier alpha value is -3.72. The molecule has 2 aliphatic rings.